The van der Waals surface area contributed by atoms with Crippen LogP contribution in [0.3, 0.4) is 0 Å². The van der Waals surface area contributed by atoms with Gasteiger partial charge in [-0.15, -0.1) is 11.3 Å². The summed E-state index contributed by atoms with van der Waals surface area (Å²) in [5.74, 6) is 0.567. The second-order valence-electron chi connectivity index (χ2n) is 2.47. The third-order valence-corrected chi connectivity index (χ3v) is 2.97. The minimum atomic E-state index is 0.567. The average Bonchev–Trinajstić information content (AvgIpc) is 2.34. The largest absolute Gasteiger partial charge is 0.245 e. The normalized spacial score (nSPS) is 10.8. The van der Waals surface area contributed by atoms with Gasteiger partial charge in [0.25, 0.3) is 0 Å². The molecule has 1 heterocycles. The lowest BCUT2D eigenvalue weighted by Crippen LogP contribution is -1.85. The van der Waals surface area contributed by atoms with Crippen LogP contribution < -0.4 is 0 Å². The highest BCUT2D eigenvalue weighted by molar-refractivity contribution is 9.08. The molecular weight excluding hydrogens is 210 g/mol. The second-order valence-corrected chi connectivity index (χ2v) is 3.92. The van der Waals surface area contributed by atoms with E-state index < -0.39 is 0 Å². The minimum Gasteiger partial charge on any atom is -0.245 e. The molecule has 0 aromatic carbocycles. The summed E-state index contributed by atoms with van der Waals surface area (Å²) in [6.07, 6.45) is 0. The van der Waals surface area contributed by atoms with Crippen LogP contribution in [-0.2, 0) is 5.33 Å². The molecule has 1 nitrogen and oxygen atoms in total. The molecule has 0 atom stereocenters. The topological polar surface area (TPSA) is 12.9 Å². The zero-order valence-electron chi connectivity index (χ0n) is 6.10. The Morgan fingerprint density at radius 1 is 1.70 bits per heavy atom. The molecule has 0 amide bonds. The Morgan fingerprint density at radius 3 is 2.70 bits per heavy atom. The number of aromatic nitrogens is 1. The van der Waals surface area contributed by atoms with Crippen molar-refractivity contribution in [1.29, 1.82) is 0 Å². The first-order valence-corrected chi connectivity index (χ1v) is 5.24. The summed E-state index contributed by atoms with van der Waals surface area (Å²) in [5.41, 5.74) is 1.15. The van der Waals surface area contributed by atoms with Crippen LogP contribution in [0.15, 0.2) is 5.38 Å². The summed E-state index contributed by atoms with van der Waals surface area (Å²) in [7, 11) is 0. The fourth-order valence-electron chi connectivity index (χ4n) is 0.649. The fraction of sp³-hybridized carbons (Fsp3) is 0.571. The monoisotopic (exact) mass is 219 g/mol. The van der Waals surface area contributed by atoms with Crippen molar-refractivity contribution in [2.75, 3.05) is 0 Å². The van der Waals surface area contributed by atoms with Crippen molar-refractivity contribution in [3.8, 4) is 0 Å². The maximum Gasteiger partial charge on any atom is 0.0954 e. The highest BCUT2D eigenvalue weighted by atomic mass is 79.9. The first-order chi connectivity index (χ1) is 4.74. The molecule has 3 heteroatoms. The predicted molar refractivity (Wildman–Crippen MR) is 48.8 cm³/mol. The fourth-order valence-corrected chi connectivity index (χ4v) is 1.99. The average molecular weight is 220 g/mol. The number of thiazole rings is 1. The number of hydrogen-bond donors (Lipinski definition) is 0. The van der Waals surface area contributed by atoms with Crippen LogP contribution in [-0.4, -0.2) is 4.98 Å². The molecule has 0 fully saturated rings. The van der Waals surface area contributed by atoms with E-state index in [1.165, 1.54) is 5.01 Å². The Morgan fingerprint density at radius 2 is 2.40 bits per heavy atom. The summed E-state index contributed by atoms with van der Waals surface area (Å²) >= 11 is 5.11. The van der Waals surface area contributed by atoms with Gasteiger partial charge in [-0.3, -0.25) is 0 Å². The summed E-state index contributed by atoms with van der Waals surface area (Å²) < 4.78 is 0. The molecule has 0 spiro atoms. The number of rotatable bonds is 2. The highest BCUT2D eigenvalue weighted by Crippen LogP contribution is 2.19. The Labute approximate surface area is 73.6 Å². The van der Waals surface area contributed by atoms with Crippen molar-refractivity contribution in [3.05, 3.63) is 16.1 Å². The van der Waals surface area contributed by atoms with Crippen molar-refractivity contribution in [2.24, 2.45) is 0 Å². The van der Waals surface area contributed by atoms with E-state index in [0.29, 0.717) is 5.92 Å². The van der Waals surface area contributed by atoms with Crippen LogP contribution in [0, 0.1) is 0 Å². The zero-order valence-corrected chi connectivity index (χ0v) is 8.50. The van der Waals surface area contributed by atoms with Crippen LogP contribution >= 0.6 is 27.3 Å². The van der Waals surface area contributed by atoms with E-state index in [1.54, 1.807) is 11.3 Å². The Bertz CT molecular complexity index is 207. The molecule has 0 aliphatic carbocycles. The maximum atomic E-state index is 4.40. The van der Waals surface area contributed by atoms with Crippen LogP contribution in [0.2, 0.25) is 0 Å². The number of halogens is 1. The van der Waals surface area contributed by atoms with Gasteiger partial charge in [-0.25, -0.2) is 4.98 Å². The van der Waals surface area contributed by atoms with E-state index in [-0.39, 0.29) is 0 Å². The van der Waals surface area contributed by atoms with E-state index in [9.17, 15) is 0 Å². The van der Waals surface area contributed by atoms with E-state index >= 15 is 0 Å². The molecule has 1 aromatic rings. The molecule has 0 aliphatic rings. The first-order valence-electron chi connectivity index (χ1n) is 3.24. The Kier molecular flexibility index (Phi) is 2.86. The highest BCUT2D eigenvalue weighted by Gasteiger charge is 2.03. The maximum absolute atomic E-state index is 4.40. The molecule has 1 rings (SSSR count). The van der Waals surface area contributed by atoms with Gasteiger partial charge in [0.2, 0.25) is 0 Å². The number of hydrogen-bond acceptors (Lipinski definition) is 2. The van der Waals surface area contributed by atoms with Crippen molar-refractivity contribution >= 4 is 27.3 Å². The van der Waals surface area contributed by atoms with Gasteiger partial charge in [-0.1, -0.05) is 29.8 Å². The summed E-state index contributed by atoms with van der Waals surface area (Å²) in [6.45, 7) is 4.33. The number of alkyl halides is 1. The van der Waals surface area contributed by atoms with Crippen LogP contribution in [0.1, 0.15) is 30.5 Å². The lowest BCUT2D eigenvalue weighted by atomic mass is 10.2. The molecule has 0 N–H and O–H groups in total. The van der Waals surface area contributed by atoms with Gasteiger partial charge in [-0.2, -0.15) is 0 Å². The van der Waals surface area contributed by atoms with E-state index in [2.05, 4.69) is 40.1 Å². The number of nitrogens with zero attached hydrogens (tertiary/aromatic N) is 1. The third-order valence-electron chi connectivity index (χ3n) is 1.20. The van der Waals surface area contributed by atoms with E-state index in [4.69, 9.17) is 0 Å². The van der Waals surface area contributed by atoms with Crippen LogP contribution in [0.4, 0.5) is 0 Å². The molecule has 0 aliphatic heterocycles. The zero-order chi connectivity index (χ0) is 7.56. The molecule has 10 heavy (non-hydrogen) atoms. The molecule has 0 saturated carbocycles. The molecule has 0 unspecified atom stereocenters. The van der Waals surface area contributed by atoms with Gasteiger partial charge in [0.1, 0.15) is 0 Å². The summed E-state index contributed by atoms with van der Waals surface area (Å²) in [4.78, 5) is 4.40. The molecule has 56 valence electrons. The molecule has 0 radical (unpaired) electrons. The third kappa shape index (κ3) is 1.80. The van der Waals surface area contributed by atoms with Gasteiger partial charge in [-0.05, 0) is 0 Å². The SMILES string of the molecule is CC(C)c1nc(CBr)cs1. The van der Waals surface area contributed by atoms with Gasteiger partial charge < -0.3 is 0 Å². The van der Waals surface area contributed by atoms with E-state index in [1.807, 2.05) is 0 Å². The summed E-state index contributed by atoms with van der Waals surface area (Å²) in [5, 5.41) is 4.20. The lowest BCUT2D eigenvalue weighted by molar-refractivity contribution is 0.846. The van der Waals surface area contributed by atoms with Gasteiger partial charge in [0.05, 0.1) is 10.7 Å². The summed E-state index contributed by atoms with van der Waals surface area (Å²) in [6, 6.07) is 0. The molecule has 0 saturated heterocycles. The first kappa shape index (κ1) is 8.21. The quantitative estimate of drug-likeness (QED) is 0.697. The molecule has 1 aromatic heterocycles. The van der Waals surface area contributed by atoms with Crippen LogP contribution in [0.25, 0.3) is 0 Å². The van der Waals surface area contributed by atoms with Crippen molar-refractivity contribution < 1.29 is 0 Å². The smallest absolute Gasteiger partial charge is 0.0954 e. The molecular formula is C7H10BrNS. The Balaban J connectivity index is 2.78. The van der Waals surface area contributed by atoms with Crippen molar-refractivity contribution in [1.82, 2.24) is 4.98 Å². The van der Waals surface area contributed by atoms with Gasteiger partial charge in [0.15, 0.2) is 0 Å². The van der Waals surface area contributed by atoms with Crippen molar-refractivity contribution in [3.63, 3.8) is 0 Å². The van der Waals surface area contributed by atoms with Gasteiger partial charge in [0, 0.05) is 16.6 Å². The lowest BCUT2D eigenvalue weighted by Gasteiger charge is -1.95. The van der Waals surface area contributed by atoms with Crippen molar-refractivity contribution in [2.45, 2.75) is 25.1 Å². The standard InChI is InChI=1S/C7H10BrNS/c1-5(2)7-9-6(3-8)4-10-7/h4-5H,3H2,1-2H3. The van der Waals surface area contributed by atoms with Gasteiger partial charge >= 0.3 is 0 Å². The second kappa shape index (κ2) is 3.49. The molecule has 0 bridgehead atoms. The van der Waals surface area contributed by atoms with Crippen LogP contribution in [0.5, 0.6) is 0 Å². The Hall–Kier alpha value is 0.110. The van der Waals surface area contributed by atoms with E-state index in [0.717, 1.165) is 11.0 Å². The minimum absolute atomic E-state index is 0.567. The predicted octanol–water partition coefficient (Wildman–Crippen LogP) is 3.16.